The number of nitrogens with zero attached hydrogens (tertiary/aromatic N) is 2. The second-order valence-corrected chi connectivity index (χ2v) is 9.79. The highest BCUT2D eigenvalue weighted by Gasteiger charge is 2.49. The highest BCUT2D eigenvalue weighted by Crippen LogP contribution is 2.44. The van der Waals surface area contributed by atoms with Crippen LogP contribution < -0.4 is 9.64 Å². The largest absolute Gasteiger partial charge is 0.573 e. The van der Waals surface area contributed by atoms with Crippen molar-refractivity contribution < 1.29 is 35.9 Å². The molecule has 0 atom stereocenters. The Kier molecular flexibility index (Phi) is 5.67. The number of hydrogen-bond acceptors (Lipinski definition) is 5. The van der Waals surface area contributed by atoms with E-state index in [1.807, 2.05) is 0 Å². The van der Waals surface area contributed by atoms with E-state index in [1.165, 1.54) is 34.0 Å². The summed E-state index contributed by atoms with van der Waals surface area (Å²) in [4.78, 5) is 14.7. The molecule has 0 unspecified atom stereocenters. The second kappa shape index (κ2) is 8.01. The van der Waals surface area contributed by atoms with E-state index in [0.717, 1.165) is 6.42 Å². The minimum absolute atomic E-state index is 0.119. The van der Waals surface area contributed by atoms with Crippen LogP contribution in [0.15, 0.2) is 35.4 Å². The Morgan fingerprint density at radius 3 is 2.29 bits per heavy atom. The average molecular weight is 460 g/mol. The Bertz CT molecular complexity index is 960. The standard InChI is InChI=1S/C20H23F3N2O5S/c21-20(22,23)30-16-5-3-15(4-6-16)25-12-9-19(18(25)26)7-10-24(11-8-19)31(27,28)14-17-2-1-13-29-17/h3-6,14H,1-2,7-13H2/b17-14-. The Morgan fingerprint density at radius 2 is 1.71 bits per heavy atom. The number of hydrogen-bond donors (Lipinski definition) is 0. The predicted molar refractivity (Wildman–Crippen MR) is 106 cm³/mol. The lowest BCUT2D eigenvalue weighted by Gasteiger charge is -2.36. The molecule has 0 bridgehead atoms. The maximum atomic E-state index is 13.1. The van der Waals surface area contributed by atoms with E-state index in [4.69, 9.17) is 4.74 Å². The van der Waals surface area contributed by atoms with E-state index < -0.39 is 21.8 Å². The quantitative estimate of drug-likeness (QED) is 0.689. The zero-order chi connectivity index (χ0) is 22.3. The van der Waals surface area contributed by atoms with Crippen molar-refractivity contribution in [1.82, 2.24) is 4.31 Å². The second-order valence-electron chi connectivity index (χ2n) is 8.01. The van der Waals surface area contributed by atoms with Gasteiger partial charge in [0.05, 0.1) is 17.4 Å². The van der Waals surface area contributed by atoms with Gasteiger partial charge in [-0.05, 0) is 49.9 Å². The van der Waals surface area contributed by atoms with Crippen LogP contribution in [0.2, 0.25) is 0 Å². The Hall–Kier alpha value is -2.27. The maximum Gasteiger partial charge on any atom is 0.573 e. The van der Waals surface area contributed by atoms with Gasteiger partial charge in [-0.2, -0.15) is 4.31 Å². The number of allylic oxidation sites excluding steroid dienone is 1. The Labute approximate surface area is 178 Å². The Morgan fingerprint density at radius 1 is 1.06 bits per heavy atom. The van der Waals surface area contributed by atoms with Crippen molar-refractivity contribution in [2.45, 2.75) is 38.5 Å². The van der Waals surface area contributed by atoms with Gasteiger partial charge in [0.1, 0.15) is 11.5 Å². The molecule has 1 amide bonds. The number of piperidine rings is 1. The van der Waals surface area contributed by atoms with E-state index in [-0.39, 0.29) is 24.7 Å². The zero-order valence-electron chi connectivity index (χ0n) is 16.7. The van der Waals surface area contributed by atoms with Crippen LogP contribution in [0.3, 0.4) is 0 Å². The van der Waals surface area contributed by atoms with Gasteiger partial charge in [-0.15, -0.1) is 13.2 Å². The number of carbonyl (C=O) groups is 1. The molecule has 0 aliphatic carbocycles. The predicted octanol–water partition coefficient (Wildman–Crippen LogP) is 3.39. The average Bonchev–Trinajstić information content (AvgIpc) is 3.31. The van der Waals surface area contributed by atoms with Gasteiger partial charge in [-0.25, -0.2) is 8.42 Å². The molecule has 1 spiro atoms. The van der Waals surface area contributed by atoms with Crippen molar-refractivity contribution in [3.8, 4) is 5.75 Å². The molecule has 1 aromatic rings. The summed E-state index contributed by atoms with van der Waals surface area (Å²) >= 11 is 0. The van der Waals surface area contributed by atoms with Crippen LogP contribution in [0.25, 0.3) is 0 Å². The molecule has 0 aromatic heterocycles. The number of ether oxygens (including phenoxy) is 2. The molecular weight excluding hydrogens is 437 g/mol. The number of rotatable bonds is 4. The number of halogens is 3. The van der Waals surface area contributed by atoms with Gasteiger partial charge in [-0.3, -0.25) is 4.79 Å². The van der Waals surface area contributed by atoms with Gasteiger partial charge in [-0.1, -0.05) is 0 Å². The third-order valence-electron chi connectivity index (χ3n) is 6.07. The van der Waals surface area contributed by atoms with E-state index >= 15 is 0 Å². The SMILES string of the molecule is O=C1N(c2ccc(OC(F)(F)F)cc2)CCC12CCN(S(=O)(=O)/C=C1/CCCO1)CC2. The van der Waals surface area contributed by atoms with E-state index in [0.29, 0.717) is 50.3 Å². The van der Waals surface area contributed by atoms with Crippen LogP contribution in [0.4, 0.5) is 18.9 Å². The van der Waals surface area contributed by atoms with Crippen LogP contribution in [-0.4, -0.2) is 51.2 Å². The number of amides is 1. The monoisotopic (exact) mass is 460 g/mol. The molecule has 3 heterocycles. The van der Waals surface area contributed by atoms with Crippen LogP contribution in [0, 0.1) is 5.41 Å². The number of carbonyl (C=O) groups excluding carboxylic acids is 1. The lowest BCUT2D eigenvalue weighted by atomic mass is 9.77. The van der Waals surface area contributed by atoms with E-state index in [1.54, 1.807) is 4.90 Å². The number of sulfonamides is 1. The first kappa shape index (κ1) is 21.9. The number of benzene rings is 1. The number of alkyl halides is 3. The third-order valence-corrected chi connectivity index (χ3v) is 7.72. The van der Waals surface area contributed by atoms with E-state index in [2.05, 4.69) is 4.74 Å². The summed E-state index contributed by atoms with van der Waals surface area (Å²) in [6, 6.07) is 5.19. The zero-order valence-corrected chi connectivity index (χ0v) is 17.5. The van der Waals surface area contributed by atoms with Crippen molar-refractivity contribution in [3.63, 3.8) is 0 Å². The van der Waals surface area contributed by atoms with Gasteiger partial charge in [0.2, 0.25) is 15.9 Å². The molecule has 7 nitrogen and oxygen atoms in total. The minimum atomic E-state index is -4.77. The molecule has 0 N–H and O–H groups in total. The molecule has 0 radical (unpaired) electrons. The lowest BCUT2D eigenvalue weighted by molar-refractivity contribution is -0.274. The van der Waals surface area contributed by atoms with Crippen LogP contribution >= 0.6 is 0 Å². The molecule has 3 aliphatic rings. The fourth-order valence-electron chi connectivity index (χ4n) is 4.38. The molecule has 3 saturated heterocycles. The highest BCUT2D eigenvalue weighted by atomic mass is 32.2. The summed E-state index contributed by atoms with van der Waals surface area (Å²) < 4.78 is 72.8. The highest BCUT2D eigenvalue weighted by molar-refractivity contribution is 7.92. The maximum absolute atomic E-state index is 13.1. The van der Waals surface area contributed by atoms with Gasteiger partial charge in [0.25, 0.3) is 0 Å². The molecule has 1 aromatic carbocycles. The summed E-state index contributed by atoms with van der Waals surface area (Å²) in [5.41, 5.74) is -0.154. The van der Waals surface area contributed by atoms with Gasteiger partial charge in [0, 0.05) is 31.7 Å². The van der Waals surface area contributed by atoms with Crippen molar-refractivity contribution in [2.75, 3.05) is 31.1 Å². The van der Waals surface area contributed by atoms with E-state index in [9.17, 15) is 26.4 Å². The van der Waals surface area contributed by atoms with Crippen LogP contribution in [-0.2, 0) is 19.6 Å². The summed E-state index contributed by atoms with van der Waals surface area (Å²) in [6.07, 6.45) is -1.98. The van der Waals surface area contributed by atoms with Crippen molar-refractivity contribution in [3.05, 3.63) is 35.4 Å². The number of anilines is 1. The molecule has 3 fully saturated rings. The van der Waals surface area contributed by atoms with Crippen molar-refractivity contribution >= 4 is 21.6 Å². The molecule has 31 heavy (non-hydrogen) atoms. The summed E-state index contributed by atoms with van der Waals surface area (Å²) in [5, 5.41) is 1.19. The summed E-state index contributed by atoms with van der Waals surface area (Å²) in [7, 11) is -3.60. The van der Waals surface area contributed by atoms with Crippen molar-refractivity contribution in [2.24, 2.45) is 5.41 Å². The normalized spacial score (nSPS) is 23.5. The lowest BCUT2D eigenvalue weighted by Crippen LogP contribution is -2.46. The summed E-state index contributed by atoms with van der Waals surface area (Å²) in [5.74, 6) is 0.00404. The molecular formula is C20H23F3N2O5S. The molecule has 0 saturated carbocycles. The third kappa shape index (κ3) is 4.67. The van der Waals surface area contributed by atoms with Crippen molar-refractivity contribution in [1.29, 1.82) is 0 Å². The van der Waals surface area contributed by atoms with Gasteiger partial charge >= 0.3 is 6.36 Å². The van der Waals surface area contributed by atoms with Gasteiger partial charge in [0.15, 0.2) is 0 Å². The fraction of sp³-hybridized carbons (Fsp3) is 0.550. The summed E-state index contributed by atoms with van der Waals surface area (Å²) in [6.45, 7) is 1.44. The smallest absolute Gasteiger partial charge is 0.497 e. The van der Waals surface area contributed by atoms with Crippen LogP contribution in [0.1, 0.15) is 32.1 Å². The molecule has 170 valence electrons. The first-order valence-electron chi connectivity index (χ1n) is 10.1. The topological polar surface area (TPSA) is 76.2 Å². The fourth-order valence-corrected chi connectivity index (χ4v) is 5.74. The molecule has 4 rings (SSSR count). The Balaban J connectivity index is 1.41. The van der Waals surface area contributed by atoms with Crippen LogP contribution in [0.5, 0.6) is 5.75 Å². The van der Waals surface area contributed by atoms with Gasteiger partial charge < -0.3 is 14.4 Å². The molecule has 3 aliphatic heterocycles. The first-order valence-corrected chi connectivity index (χ1v) is 11.6. The minimum Gasteiger partial charge on any atom is -0.497 e. The first-order chi connectivity index (χ1) is 14.6. The molecule has 11 heteroatoms.